The summed E-state index contributed by atoms with van der Waals surface area (Å²) in [6, 6.07) is 0. The maximum atomic E-state index is 3.46. The highest BCUT2D eigenvalue weighted by atomic mass is 14.9. The van der Waals surface area contributed by atoms with Crippen molar-refractivity contribution in [1.82, 2.24) is 5.32 Å². The first-order valence-electron chi connectivity index (χ1n) is 4.43. The molecular weight excluding hydrogens is 122 g/mol. The first-order valence-corrected chi connectivity index (χ1v) is 4.43. The molecule has 1 rings (SSSR count). The average Bonchev–Trinajstić information content (AvgIpc) is 2.32. The summed E-state index contributed by atoms with van der Waals surface area (Å²) in [5, 5.41) is 3.46. The first-order chi connectivity index (χ1) is 4.73. The summed E-state index contributed by atoms with van der Waals surface area (Å²) in [6.07, 6.45) is 2.65. The summed E-state index contributed by atoms with van der Waals surface area (Å²) in [5.41, 5.74) is 0.592. The summed E-state index contributed by atoms with van der Waals surface area (Å²) in [5.74, 6) is 0.914. The van der Waals surface area contributed by atoms with Crippen molar-refractivity contribution in [3.8, 4) is 0 Å². The zero-order chi connectivity index (χ0) is 7.61. The second-order valence-electron chi connectivity index (χ2n) is 3.74. The van der Waals surface area contributed by atoms with E-state index < -0.39 is 0 Å². The van der Waals surface area contributed by atoms with Gasteiger partial charge in [-0.15, -0.1) is 0 Å². The van der Waals surface area contributed by atoms with Crippen molar-refractivity contribution in [2.45, 2.75) is 33.6 Å². The molecular formula is C9H19N. The largest absolute Gasteiger partial charge is 0.316 e. The van der Waals surface area contributed by atoms with E-state index in [9.17, 15) is 0 Å². The molecule has 1 aliphatic heterocycles. The first kappa shape index (κ1) is 8.06. The van der Waals surface area contributed by atoms with Crippen LogP contribution in [-0.2, 0) is 0 Å². The lowest BCUT2D eigenvalue weighted by molar-refractivity contribution is 0.240. The van der Waals surface area contributed by atoms with Crippen molar-refractivity contribution in [1.29, 1.82) is 0 Å². The van der Waals surface area contributed by atoms with Gasteiger partial charge in [-0.05, 0) is 24.3 Å². The summed E-state index contributed by atoms with van der Waals surface area (Å²) < 4.78 is 0. The van der Waals surface area contributed by atoms with Crippen molar-refractivity contribution < 1.29 is 0 Å². The molecule has 2 unspecified atom stereocenters. The van der Waals surface area contributed by atoms with Crippen LogP contribution >= 0.6 is 0 Å². The third-order valence-electron chi connectivity index (χ3n) is 3.21. The highest BCUT2D eigenvalue weighted by Gasteiger charge is 2.35. The van der Waals surface area contributed by atoms with Gasteiger partial charge in [-0.1, -0.05) is 27.2 Å². The fourth-order valence-corrected chi connectivity index (χ4v) is 1.97. The van der Waals surface area contributed by atoms with E-state index in [1.54, 1.807) is 0 Å². The Kier molecular flexibility index (Phi) is 2.35. The van der Waals surface area contributed by atoms with E-state index in [-0.39, 0.29) is 0 Å². The fraction of sp³-hybridized carbons (Fsp3) is 1.00. The monoisotopic (exact) mass is 141 g/mol. The minimum absolute atomic E-state index is 0.592. The van der Waals surface area contributed by atoms with E-state index in [1.807, 2.05) is 0 Å². The summed E-state index contributed by atoms with van der Waals surface area (Å²) in [6.45, 7) is 9.46. The molecule has 2 atom stereocenters. The second-order valence-corrected chi connectivity index (χ2v) is 3.74. The molecule has 1 aliphatic rings. The zero-order valence-electron chi connectivity index (χ0n) is 7.41. The molecule has 0 aromatic carbocycles. The summed E-state index contributed by atoms with van der Waals surface area (Å²) in [7, 11) is 0. The van der Waals surface area contributed by atoms with Gasteiger partial charge < -0.3 is 5.32 Å². The molecule has 1 N–H and O–H groups in total. The number of nitrogens with one attached hydrogen (secondary N) is 1. The van der Waals surface area contributed by atoms with Crippen molar-refractivity contribution in [2.24, 2.45) is 11.3 Å². The van der Waals surface area contributed by atoms with E-state index >= 15 is 0 Å². The van der Waals surface area contributed by atoms with Crippen LogP contribution < -0.4 is 5.32 Å². The molecule has 0 radical (unpaired) electrons. The molecule has 0 spiro atoms. The van der Waals surface area contributed by atoms with Crippen molar-refractivity contribution in [2.75, 3.05) is 13.1 Å². The van der Waals surface area contributed by atoms with Crippen LogP contribution in [0.25, 0.3) is 0 Å². The Morgan fingerprint density at radius 1 is 1.50 bits per heavy atom. The third kappa shape index (κ3) is 1.20. The summed E-state index contributed by atoms with van der Waals surface area (Å²) in [4.78, 5) is 0. The van der Waals surface area contributed by atoms with Gasteiger partial charge >= 0.3 is 0 Å². The average molecular weight is 141 g/mol. The maximum absolute atomic E-state index is 3.46. The molecule has 1 heteroatoms. The van der Waals surface area contributed by atoms with E-state index in [4.69, 9.17) is 0 Å². The molecule has 1 heterocycles. The van der Waals surface area contributed by atoms with Crippen LogP contribution in [0.15, 0.2) is 0 Å². The minimum atomic E-state index is 0.592. The Balaban J connectivity index is 2.56. The van der Waals surface area contributed by atoms with Gasteiger partial charge in [0, 0.05) is 6.54 Å². The van der Waals surface area contributed by atoms with Crippen molar-refractivity contribution in [3.05, 3.63) is 0 Å². The lowest BCUT2D eigenvalue weighted by Crippen LogP contribution is -2.24. The van der Waals surface area contributed by atoms with Gasteiger partial charge in [0.15, 0.2) is 0 Å². The summed E-state index contributed by atoms with van der Waals surface area (Å²) >= 11 is 0. The van der Waals surface area contributed by atoms with Crippen LogP contribution in [0, 0.1) is 11.3 Å². The molecule has 60 valence electrons. The van der Waals surface area contributed by atoms with Crippen LogP contribution in [0.3, 0.4) is 0 Å². The Morgan fingerprint density at radius 3 is 2.60 bits per heavy atom. The second kappa shape index (κ2) is 2.91. The zero-order valence-corrected chi connectivity index (χ0v) is 7.41. The Bertz CT molecular complexity index is 111. The van der Waals surface area contributed by atoms with Gasteiger partial charge in [0.1, 0.15) is 0 Å². The smallest absolute Gasteiger partial charge is 0.000831 e. The molecule has 0 aliphatic carbocycles. The molecule has 10 heavy (non-hydrogen) atoms. The lowest BCUT2D eigenvalue weighted by atomic mass is 9.76. The van der Waals surface area contributed by atoms with Crippen LogP contribution in [0.4, 0.5) is 0 Å². The number of rotatable bonds is 2. The molecule has 0 saturated carbocycles. The highest BCUT2D eigenvalue weighted by Crippen LogP contribution is 2.35. The molecule has 0 amide bonds. The normalized spacial score (nSPS) is 40.5. The lowest BCUT2D eigenvalue weighted by Gasteiger charge is -2.28. The standard InChI is InChI=1S/C9H19N/c1-4-8-6-10-7-9(8,3)5-2/h8,10H,4-7H2,1-3H3. The van der Waals surface area contributed by atoms with Gasteiger partial charge in [0.05, 0.1) is 0 Å². The van der Waals surface area contributed by atoms with E-state index in [1.165, 1.54) is 25.9 Å². The van der Waals surface area contributed by atoms with Gasteiger partial charge in [0.2, 0.25) is 0 Å². The van der Waals surface area contributed by atoms with Crippen molar-refractivity contribution >= 4 is 0 Å². The molecule has 1 saturated heterocycles. The molecule has 1 nitrogen and oxygen atoms in total. The van der Waals surface area contributed by atoms with Crippen LogP contribution in [-0.4, -0.2) is 13.1 Å². The molecule has 0 aromatic rings. The number of hydrogen-bond donors (Lipinski definition) is 1. The SMILES string of the molecule is CCC1CNCC1(C)CC. The Labute approximate surface area is 64.2 Å². The highest BCUT2D eigenvalue weighted by molar-refractivity contribution is 4.89. The quantitative estimate of drug-likeness (QED) is 0.620. The Morgan fingerprint density at radius 2 is 2.20 bits per heavy atom. The Hall–Kier alpha value is -0.0400. The molecule has 0 bridgehead atoms. The topological polar surface area (TPSA) is 12.0 Å². The van der Waals surface area contributed by atoms with Gasteiger partial charge in [-0.25, -0.2) is 0 Å². The van der Waals surface area contributed by atoms with Crippen molar-refractivity contribution in [3.63, 3.8) is 0 Å². The number of hydrogen-bond acceptors (Lipinski definition) is 1. The van der Waals surface area contributed by atoms with E-state index in [2.05, 4.69) is 26.1 Å². The minimum Gasteiger partial charge on any atom is -0.316 e. The van der Waals surface area contributed by atoms with Gasteiger partial charge in [-0.3, -0.25) is 0 Å². The molecule has 0 aromatic heterocycles. The maximum Gasteiger partial charge on any atom is 0.000831 e. The van der Waals surface area contributed by atoms with E-state index in [0.717, 1.165) is 5.92 Å². The predicted molar refractivity (Wildman–Crippen MR) is 45.0 cm³/mol. The van der Waals surface area contributed by atoms with Gasteiger partial charge in [0.25, 0.3) is 0 Å². The predicted octanol–water partition coefficient (Wildman–Crippen LogP) is 2.03. The molecule has 1 fully saturated rings. The fourth-order valence-electron chi connectivity index (χ4n) is 1.97. The van der Waals surface area contributed by atoms with Crippen LogP contribution in [0.2, 0.25) is 0 Å². The van der Waals surface area contributed by atoms with E-state index in [0.29, 0.717) is 5.41 Å². The third-order valence-corrected chi connectivity index (χ3v) is 3.21. The van der Waals surface area contributed by atoms with Crippen LogP contribution in [0.5, 0.6) is 0 Å². The van der Waals surface area contributed by atoms with Crippen LogP contribution in [0.1, 0.15) is 33.6 Å². The van der Waals surface area contributed by atoms with Gasteiger partial charge in [-0.2, -0.15) is 0 Å².